The molecule has 0 radical (unpaired) electrons. The van der Waals surface area contributed by atoms with Gasteiger partial charge in [0.1, 0.15) is 0 Å². The van der Waals surface area contributed by atoms with Gasteiger partial charge in [-0.25, -0.2) is 4.98 Å². The summed E-state index contributed by atoms with van der Waals surface area (Å²) in [7, 11) is 0. The molecule has 0 spiro atoms. The number of thiazole rings is 1. The van der Waals surface area contributed by atoms with Crippen molar-refractivity contribution in [2.45, 2.75) is 44.6 Å². The molecule has 0 bridgehead atoms. The van der Waals surface area contributed by atoms with Gasteiger partial charge in [-0.2, -0.15) is 0 Å². The van der Waals surface area contributed by atoms with Crippen molar-refractivity contribution in [1.29, 1.82) is 0 Å². The van der Waals surface area contributed by atoms with Gasteiger partial charge in [0.05, 0.1) is 5.01 Å². The Hall–Kier alpha value is -0.410. The van der Waals surface area contributed by atoms with E-state index >= 15 is 0 Å². The Balaban J connectivity index is 1.73. The van der Waals surface area contributed by atoms with Gasteiger partial charge >= 0.3 is 0 Å². The highest BCUT2D eigenvalue weighted by atomic mass is 32.1. The van der Waals surface area contributed by atoms with Crippen LogP contribution in [0.15, 0.2) is 11.6 Å². The first-order valence-corrected chi connectivity index (χ1v) is 6.45. The van der Waals surface area contributed by atoms with Crippen molar-refractivity contribution in [3.05, 3.63) is 16.6 Å². The quantitative estimate of drug-likeness (QED) is 0.829. The molecule has 1 atom stereocenters. The van der Waals surface area contributed by atoms with Gasteiger partial charge in [0, 0.05) is 24.0 Å². The van der Waals surface area contributed by atoms with Crippen LogP contribution < -0.4 is 5.32 Å². The second kappa shape index (κ2) is 5.47. The predicted octanol–water partition coefficient (Wildman–Crippen LogP) is 2.61. The first kappa shape index (κ1) is 10.1. The van der Waals surface area contributed by atoms with Gasteiger partial charge < -0.3 is 5.32 Å². The second-order valence-corrected chi connectivity index (χ2v) is 4.94. The third kappa shape index (κ3) is 3.07. The highest BCUT2D eigenvalue weighted by Crippen LogP contribution is 2.14. The summed E-state index contributed by atoms with van der Waals surface area (Å²) in [5.74, 6) is 0. The van der Waals surface area contributed by atoms with Crippen molar-refractivity contribution in [1.82, 2.24) is 10.3 Å². The van der Waals surface area contributed by atoms with Crippen LogP contribution in [0, 0.1) is 0 Å². The second-order valence-electron chi connectivity index (χ2n) is 3.96. The standard InChI is InChI=1S/C11H18N2S/c1-2-4-10(12-7-3-1)5-6-11-13-8-9-14-11/h8-10,12H,1-7H2. The van der Waals surface area contributed by atoms with Crippen molar-refractivity contribution in [3.8, 4) is 0 Å². The molecule has 78 valence electrons. The van der Waals surface area contributed by atoms with Crippen molar-refractivity contribution in [2.75, 3.05) is 6.54 Å². The number of aryl methyl sites for hydroxylation is 1. The van der Waals surface area contributed by atoms with E-state index in [1.54, 1.807) is 11.3 Å². The Morgan fingerprint density at radius 1 is 1.43 bits per heavy atom. The van der Waals surface area contributed by atoms with Crippen molar-refractivity contribution in [3.63, 3.8) is 0 Å². The van der Waals surface area contributed by atoms with Crippen LogP contribution in [-0.2, 0) is 6.42 Å². The molecular formula is C11H18N2S. The minimum absolute atomic E-state index is 0.737. The van der Waals surface area contributed by atoms with Crippen LogP contribution >= 0.6 is 11.3 Å². The minimum Gasteiger partial charge on any atom is -0.314 e. The Kier molecular flexibility index (Phi) is 3.95. The lowest BCUT2D eigenvalue weighted by Gasteiger charge is -2.14. The fraction of sp³-hybridized carbons (Fsp3) is 0.727. The summed E-state index contributed by atoms with van der Waals surface area (Å²) >= 11 is 1.78. The van der Waals surface area contributed by atoms with Gasteiger partial charge in [0.25, 0.3) is 0 Å². The van der Waals surface area contributed by atoms with E-state index in [9.17, 15) is 0 Å². The normalized spacial score (nSPS) is 23.3. The van der Waals surface area contributed by atoms with Gasteiger partial charge in [-0.1, -0.05) is 12.8 Å². The number of aromatic nitrogens is 1. The van der Waals surface area contributed by atoms with E-state index in [-0.39, 0.29) is 0 Å². The molecular weight excluding hydrogens is 192 g/mol. The van der Waals surface area contributed by atoms with E-state index in [4.69, 9.17) is 0 Å². The van der Waals surface area contributed by atoms with Crippen LogP contribution in [0.2, 0.25) is 0 Å². The van der Waals surface area contributed by atoms with E-state index in [1.165, 1.54) is 43.7 Å². The van der Waals surface area contributed by atoms with E-state index < -0.39 is 0 Å². The summed E-state index contributed by atoms with van der Waals surface area (Å²) in [4.78, 5) is 4.31. The summed E-state index contributed by atoms with van der Waals surface area (Å²) in [6, 6.07) is 0.737. The van der Waals surface area contributed by atoms with Gasteiger partial charge in [0.15, 0.2) is 0 Å². The summed E-state index contributed by atoms with van der Waals surface area (Å²) in [6.07, 6.45) is 9.82. The molecule has 1 saturated heterocycles. The molecule has 14 heavy (non-hydrogen) atoms. The Morgan fingerprint density at radius 2 is 2.43 bits per heavy atom. The van der Waals surface area contributed by atoms with Crippen LogP contribution in [0.3, 0.4) is 0 Å². The van der Waals surface area contributed by atoms with Gasteiger partial charge in [-0.05, 0) is 25.8 Å². The molecule has 0 aromatic carbocycles. The molecule has 1 aliphatic rings. The van der Waals surface area contributed by atoms with Crippen LogP contribution in [0.5, 0.6) is 0 Å². The molecule has 0 saturated carbocycles. The average Bonchev–Trinajstić information content (AvgIpc) is 2.58. The van der Waals surface area contributed by atoms with Gasteiger partial charge in [-0.15, -0.1) is 11.3 Å². The van der Waals surface area contributed by atoms with Crippen LogP contribution in [-0.4, -0.2) is 17.6 Å². The molecule has 3 heteroatoms. The number of rotatable bonds is 3. The fourth-order valence-electron chi connectivity index (χ4n) is 2.02. The zero-order valence-electron chi connectivity index (χ0n) is 8.54. The molecule has 2 nitrogen and oxygen atoms in total. The minimum atomic E-state index is 0.737. The lowest BCUT2D eigenvalue weighted by Crippen LogP contribution is -2.28. The molecule has 1 unspecified atom stereocenters. The maximum Gasteiger partial charge on any atom is 0.0925 e. The molecule has 2 heterocycles. The summed E-state index contributed by atoms with van der Waals surface area (Å²) in [5.41, 5.74) is 0. The smallest absolute Gasteiger partial charge is 0.0925 e. The van der Waals surface area contributed by atoms with E-state index in [0.29, 0.717) is 0 Å². The van der Waals surface area contributed by atoms with Crippen molar-refractivity contribution in [2.24, 2.45) is 0 Å². The average molecular weight is 210 g/mol. The lowest BCUT2D eigenvalue weighted by atomic mass is 10.1. The first-order chi connectivity index (χ1) is 6.95. The summed E-state index contributed by atoms with van der Waals surface area (Å²) in [6.45, 7) is 1.21. The molecule has 1 fully saturated rings. The number of hydrogen-bond donors (Lipinski definition) is 1. The third-order valence-corrected chi connectivity index (χ3v) is 3.69. The highest BCUT2D eigenvalue weighted by molar-refractivity contribution is 7.09. The molecule has 1 aliphatic heterocycles. The Bertz CT molecular complexity index is 238. The molecule has 1 aromatic heterocycles. The van der Waals surface area contributed by atoms with Crippen molar-refractivity contribution < 1.29 is 0 Å². The van der Waals surface area contributed by atoms with Crippen LogP contribution in [0.25, 0.3) is 0 Å². The van der Waals surface area contributed by atoms with Gasteiger partial charge in [-0.3, -0.25) is 0 Å². The number of nitrogens with zero attached hydrogens (tertiary/aromatic N) is 1. The molecule has 0 aliphatic carbocycles. The largest absolute Gasteiger partial charge is 0.314 e. The zero-order valence-corrected chi connectivity index (χ0v) is 9.35. The molecule has 0 amide bonds. The summed E-state index contributed by atoms with van der Waals surface area (Å²) in [5, 5.41) is 6.97. The van der Waals surface area contributed by atoms with Crippen LogP contribution in [0.1, 0.15) is 37.1 Å². The van der Waals surface area contributed by atoms with Crippen molar-refractivity contribution >= 4 is 11.3 Å². The predicted molar refractivity (Wildman–Crippen MR) is 60.7 cm³/mol. The molecule has 1 aromatic rings. The fourth-order valence-corrected chi connectivity index (χ4v) is 2.66. The zero-order chi connectivity index (χ0) is 9.64. The topological polar surface area (TPSA) is 24.9 Å². The van der Waals surface area contributed by atoms with Crippen LogP contribution in [0.4, 0.5) is 0 Å². The monoisotopic (exact) mass is 210 g/mol. The maximum atomic E-state index is 4.31. The Labute approximate surface area is 89.8 Å². The first-order valence-electron chi connectivity index (χ1n) is 5.57. The maximum absolute atomic E-state index is 4.31. The Morgan fingerprint density at radius 3 is 3.29 bits per heavy atom. The number of nitrogens with one attached hydrogen (secondary N) is 1. The van der Waals surface area contributed by atoms with E-state index in [2.05, 4.69) is 15.7 Å². The molecule has 1 N–H and O–H groups in total. The van der Waals surface area contributed by atoms with Gasteiger partial charge in [0.2, 0.25) is 0 Å². The number of hydrogen-bond acceptors (Lipinski definition) is 3. The SMILES string of the molecule is c1csc(CCC2CCCCCN2)n1. The van der Waals surface area contributed by atoms with E-state index in [1.807, 2.05) is 6.20 Å². The third-order valence-electron chi connectivity index (χ3n) is 2.85. The van der Waals surface area contributed by atoms with E-state index in [0.717, 1.165) is 12.5 Å². The highest BCUT2D eigenvalue weighted by Gasteiger charge is 2.11. The summed E-state index contributed by atoms with van der Waals surface area (Å²) < 4.78 is 0. The molecule has 2 rings (SSSR count). The lowest BCUT2D eigenvalue weighted by molar-refractivity contribution is 0.478.